The van der Waals surface area contributed by atoms with Gasteiger partial charge in [0.25, 0.3) is 5.91 Å². The summed E-state index contributed by atoms with van der Waals surface area (Å²) in [4.78, 5) is 12.3. The maximum absolute atomic E-state index is 12.3. The predicted molar refractivity (Wildman–Crippen MR) is 92.2 cm³/mol. The molecule has 0 heterocycles. The van der Waals surface area contributed by atoms with Crippen molar-refractivity contribution in [2.24, 2.45) is 5.92 Å². The van der Waals surface area contributed by atoms with Gasteiger partial charge in [0.05, 0.1) is 0 Å². The van der Waals surface area contributed by atoms with Crippen LogP contribution in [0.25, 0.3) is 0 Å². The lowest BCUT2D eigenvalue weighted by atomic mass is 9.99. The van der Waals surface area contributed by atoms with Crippen molar-refractivity contribution < 1.29 is 9.53 Å². The molecule has 1 aromatic rings. The monoisotopic (exact) mass is 305 g/mol. The Bertz CT molecular complexity index is 428. The van der Waals surface area contributed by atoms with Crippen molar-refractivity contribution in [1.82, 2.24) is 5.32 Å². The van der Waals surface area contributed by atoms with Crippen molar-refractivity contribution in [2.45, 2.75) is 65.9 Å². The predicted octanol–water partition coefficient (Wildman–Crippen LogP) is 4.49. The van der Waals surface area contributed by atoms with E-state index in [1.165, 1.54) is 24.8 Å². The largest absolute Gasteiger partial charge is 0.481 e. The fourth-order valence-electron chi connectivity index (χ4n) is 2.41. The Balaban J connectivity index is 2.48. The summed E-state index contributed by atoms with van der Waals surface area (Å²) < 4.78 is 5.82. The summed E-state index contributed by atoms with van der Waals surface area (Å²) in [6.07, 6.45) is 4.99. The van der Waals surface area contributed by atoms with Crippen molar-refractivity contribution in [1.29, 1.82) is 0 Å². The lowest BCUT2D eigenvalue weighted by Crippen LogP contribution is -2.40. The number of hydrogen-bond donors (Lipinski definition) is 1. The summed E-state index contributed by atoms with van der Waals surface area (Å²) in [5.74, 6) is 1.32. The van der Waals surface area contributed by atoms with E-state index in [4.69, 9.17) is 4.74 Å². The highest BCUT2D eigenvalue weighted by Crippen LogP contribution is 2.15. The van der Waals surface area contributed by atoms with Gasteiger partial charge >= 0.3 is 0 Å². The molecule has 1 aromatic carbocycles. The molecule has 1 rings (SSSR count). The highest BCUT2D eigenvalue weighted by atomic mass is 16.5. The van der Waals surface area contributed by atoms with Gasteiger partial charge in [-0.25, -0.2) is 0 Å². The van der Waals surface area contributed by atoms with E-state index in [0.29, 0.717) is 12.3 Å². The standard InChI is InChI=1S/C19H31NO2/c1-5-8-9-16(6-2)14-20-19(21)18(7-3)22-17-12-10-15(4)11-13-17/h10-13,16,18H,5-9,14H2,1-4H3,(H,20,21)/t16-,18-/m0/s1. The van der Waals surface area contributed by atoms with E-state index in [2.05, 4.69) is 19.2 Å². The number of carbonyl (C=O) groups is 1. The van der Waals surface area contributed by atoms with E-state index < -0.39 is 6.10 Å². The van der Waals surface area contributed by atoms with Gasteiger partial charge in [-0.1, -0.05) is 57.7 Å². The highest BCUT2D eigenvalue weighted by molar-refractivity contribution is 5.81. The highest BCUT2D eigenvalue weighted by Gasteiger charge is 2.19. The first-order valence-corrected chi connectivity index (χ1v) is 8.61. The number of carbonyl (C=O) groups excluding carboxylic acids is 1. The maximum Gasteiger partial charge on any atom is 0.261 e. The third-order valence-corrected chi connectivity index (χ3v) is 4.07. The van der Waals surface area contributed by atoms with Gasteiger partial charge in [0, 0.05) is 6.54 Å². The smallest absolute Gasteiger partial charge is 0.261 e. The normalized spacial score (nSPS) is 13.5. The number of nitrogens with one attached hydrogen (secondary N) is 1. The molecule has 0 radical (unpaired) electrons. The zero-order valence-corrected chi connectivity index (χ0v) is 14.5. The number of unbranched alkanes of at least 4 members (excludes halogenated alkanes) is 1. The molecule has 22 heavy (non-hydrogen) atoms. The molecule has 0 unspecified atom stereocenters. The molecule has 0 saturated heterocycles. The summed E-state index contributed by atoms with van der Waals surface area (Å²) in [5.41, 5.74) is 1.19. The van der Waals surface area contributed by atoms with Gasteiger partial charge in [0.2, 0.25) is 0 Å². The first-order valence-electron chi connectivity index (χ1n) is 8.61. The van der Waals surface area contributed by atoms with E-state index in [1.807, 2.05) is 38.1 Å². The van der Waals surface area contributed by atoms with Gasteiger partial charge in [-0.15, -0.1) is 0 Å². The number of rotatable bonds is 10. The molecule has 0 aliphatic carbocycles. The molecule has 0 saturated carbocycles. The summed E-state index contributed by atoms with van der Waals surface area (Å²) in [5, 5.41) is 3.06. The minimum atomic E-state index is -0.411. The SMILES string of the molecule is CCCC[C@H](CC)CNC(=O)[C@H](CC)Oc1ccc(C)cc1. The molecule has 0 spiro atoms. The average Bonchev–Trinajstić information content (AvgIpc) is 2.54. The Morgan fingerprint density at radius 1 is 1.14 bits per heavy atom. The van der Waals surface area contributed by atoms with Crippen LogP contribution in [0.1, 0.15) is 58.4 Å². The Labute approximate surface area is 135 Å². The van der Waals surface area contributed by atoms with Gasteiger partial charge in [0.1, 0.15) is 5.75 Å². The third-order valence-electron chi connectivity index (χ3n) is 4.07. The minimum absolute atomic E-state index is 0.00183. The van der Waals surface area contributed by atoms with Gasteiger partial charge in [-0.3, -0.25) is 4.79 Å². The Hall–Kier alpha value is -1.51. The lowest BCUT2D eigenvalue weighted by molar-refractivity contribution is -0.128. The molecule has 0 aromatic heterocycles. The zero-order chi connectivity index (χ0) is 16.4. The van der Waals surface area contributed by atoms with Crippen molar-refractivity contribution in [3.8, 4) is 5.75 Å². The van der Waals surface area contributed by atoms with Gasteiger partial charge in [-0.2, -0.15) is 0 Å². The van der Waals surface area contributed by atoms with Crippen molar-refractivity contribution in [3.63, 3.8) is 0 Å². The van der Waals surface area contributed by atoms with Crippen LogP contribution in [-0.2, 0) is 4.79 Å². The number of benzene rings is 1. The summed E-state index contributed by atoms with van der Waals surface area (Å²) in [6, 6.07) is 7.83. The summed E-state index contributed by atoms with van der Waals surface area (Å²) in [7, 11) is 0. The van der Waals surface area contributed by atoms with Crippen LogP contribution in [-0.4, -0.2) is 18.6 Å². The molecule has 0 aliphatic rings. The average molecular weight is 305 g/mol. The second-order valence-corrected chi connectivity index (χ2v) is 5.99. The van der Waals surface area contributed by atoms with Crippen LogP contribution in [0.5, 0.6) is 5.75 Å². The van der Waals surface area contributed by atoms with Crippen LogP contribution in [0, 0.1) is 12.8 Å². The van der Waals surface area contributed by atoms with Crippen LogP contribution in [0.15, 0.2) is 24.3 Å². The molecule has 0 fully saturated rings. The van der Waals surface area contributed by atoms with Crippen LogP contribution in [0.3, 0.4) is 0 Å². The molecular weight excluding hydrogens is 274 g/mol. The third kappa shape index (κ3) is 6.50. The van der Waals surface area contributed by atoms with Gasteiger partial charge in [-0.05, 0) is 37.8 Å². The number of aryl methyl sites for hydroxylation is 1. The second kappa shape index (κ2) is 10.3. The van der Waals surface area contributed by atoms with Crippen LogP contribution < -0.4 is 10.1 Å². The number of hydrogen-bond acceptors (Lipinski definition) is 2. The topological polar surface area (TPSA) is 38.3 Å². The molecule has 3 heteroatoms. The van der Waals surface area contributed by atoms with Crippen molar-refractivity contribution in [2.75, 3.05) is 6.54 Å². The van der Waals surface area contributed by atoms with Crippen LogP contribution >= 0.6 is 0 Å². The van der Waals surface area contributed by atoms with E-state index in [1.54, 1.807) is 0 Å². The molecule has 0 bridgehead atoms. The molecule has 124 valence electrons. The minimum Gasteiger partial charge on any atom is -0.481 e. The van der Waals surface area contributed by atoms with Crippen LogP contribution in [0.4, 0.5) is 0 Å². The van der Waals surface area contributed by atoms with Gasteiger partial charge in [0.15, 0.2) is 6.10 Å². The zero-order valence-electron chi connectivity index (χ0n) is 14.5. The summed E-state index contributed by atoms with van der Waals surface area (Å²) >= 11 is 0. The lowest BCUT2D eigenvalue weighted by Gasteiger charge is -2.20. The first kappa shape index (κ1) is 18.5. The van der Waals surface area contributed by atoms with Crippen LogP contribution in [0.2, 0.25) is 0 Å². The number of amides is 1. The molecule has 3 nitrogen and oxygen atoms in total. The molecule has 1 amide bonds. The molecule has 1 N–H and O–H groups in total. The van der Waals surface area contributed by atoms with E-state index >= 15 is 0 Å². The second-order valence-electron chi connectivity index (χ2n) is 5.99. The fourth-order valence-corrected chi connectivity index (χ4v) is 2.41. The first-order chi connectivity index (χ1) is 10.6. The maximum atomic E-state index is 12.3. The quantitative estimate of drug-likeness (QED) is 0.692. The summed E-state index contributed by atoms with van der Waals surface area (Å²) in [6.45, 7) is 9.16. The molecule has 0 aliphatic heterocycles. The van der Waals surface area contributed by atoms with E-state index in [0.717, 1.165) is 18.7 Å². The fraction of sp³-hybridized carbons (Fsp3) is 0.632. The van der Waals surface area contributed by atoms with Crippen molar-refractivity contribution in [3.05, 3.63) is 29.8 Å². The Morgan fingerprint density at radius 2 is 1.82 bits per heavy atom. The van der Waals surface area contributed by atoms with E-state index in [9.17, 15) is 4.79 Å². The van der Waals surface area contributed by atoms with Crippen molar-refractivity contribution >= 4 is 5.91 Å². The molecule has 2 atom stereocenters. The Kier molecular flexibility index (Phi) is 8.64. The molecular formula is C19H31NO2. The number of ether oxygens (including phenoxy) is 1. The van der Waals surface area contributed by atoms with E-state index in [-0.39, 0.29) is 5.91 Å². The Morgan fingerprint density at radius 3 is 2.36 bits per heavy atom. The van der Waals surface area contributed by atoms with Gasteiger partial charge < -0.3 is 10.1 Å².